The molecule has 1 aliphatic rings. The van der Waals surface area contributed by atoms with E-state index in [1.54, 1.807) is 18.3 Å². The van der Waals surface area contributed by atoms with E-state index in [1.807, 2.05) is 48.7 Å². The van der Waals surface area contributed by atoms with E-state index in [0.29, 0.717) is 11.1 Å². The number of nitrogens with one attached hydrogen (secondary N) is 1. The fraction of sp³-hybridized carbons (Fsp3) is 0.292. The summed E-state index contributed by atoms with van der Waals surface area (Å²) >= 11 is 1.57. The number of benzene rings is 2. The number of carbonyl (C=O) groups excluding carboxylic acids is 2. The van der Waals surface area contributed by atoms with E-state index in [4.69, 9.17) is 4.98 Å². The number of carbonyl (C=O) groups is 2. The lowest BCUT2D eigenvalue weighted by Crippen LogP contribution is -2.46. The smallest absolute Gasteiger partial charge is 0.251 e. The van der Waals surface area contributed by atoms with E-state index in [0.717, 1.165) is 52.4 Å². The van der Waals surface area contributed by atoms with Gasteiger partial charge in [0.2, 0.25) is 0 Å². The fourth-order valence-corrected chi connectivity index (χ4v) is 5.26. The Morgan fingerprint density at radius 2 is 1.90 bits per heavy atom. The molecular formula is C24H24N4O2S. The number of nitrogens with zero attached hydrogens (tertiary/aromatic N) is 3. The summed E-state index contributed by atoms with van der Waals surface area (Å²) in [6.45, 7) is 3.56. The summed E-state index contributed by atoms with van der Waals surface area (Å²) in [5, 5.41) is 3.18. The third-order valence-corrected chi connectivity index (χ3v) is 6.92. The van der Waals surface area contributed by atoms with Crippen LogP contribution in [0.5, 0.6) is 0 Å². The SMILES string of the molecule is CC(=O)c1ccc(-c2cn3c(n2)sc2cc(C(=O)N[C@H]4CCCN(C)C4)ccc23)cc1. The molecule has 1 N–H and O–H groups in total. The Bertz CT molecular complexity index is 1290. The Morgan fingerprint density at radius 1 is 1.13 bits per heavy atom. The van der Waals surface area contributed by atoms with Crippen LogP contribution in [-0.4, -0.2) is 52.2 Å². The lowest BCUT2D eigenvalue weighted by molar-refractivity contribution is 0.0912. The molecule has 158 valence electrons. The van der Waals surface area contributed by atoms with E-state index < -0.39 is 0 Å². The number of thiazole rings is 1. The lowest BCUT2D eigenvalue weighted by Gasteiger charge is -2.30. The number of ketones is 1. The molecule has 0 bridgehead atoms. The Kier molecular flexibility index (Phi) is 5.08. The molecule has 1 saturated heterocycles. The second kappa shape index (κ2) is 7.90. The van der Waals surface area contributed by atoms with Crippen molar-refractivity contribution >= 4 is 38.2 Å². The highest BCUT2D eigenvalue weighted by molar-refractivity contribution is 7.23. The molecule has 0 radical (unpaired) electrons. The molecule has 7 heteroatoms. The van der Waals surface area contributed by atoms with Crippen molar-refractivity contribution in [2.45, 2.75) is 25.8 Å². The summed E-state index contributed by atoms with van der Waals surface area (Å²) in [6, 6.07) is 13.6. The number of aromatic nitrogens is 2. The van der Waals surface area contributed by atoms with Crippen molar-refractivity contribution in [1.29, 1.82) is 0 Å². The van der Waals surface area contributed by atoms with Gasteiger partial charge in [0.25, 0.3) is 5.91 Å². The van der Waals surface area contributed by atoms with Gasteiger partial charge in [-0.2, -0.15) is 0 Å². The molecular weight excluding hydrogens is 408 g/mol. The van der Waals surface area contributed by atoms with Gasteiger partial charge in [0.1, 0.15) is 0 Å². The molecule has 5 rings (SSSR count). The third-order valence-electron chi connectivity index (χ3n) is 5.90. The number of imidazole rings is 1. The van der Waals surface area contributed by atoms with Gasteiger partial charge in [0.05, 0.1) is 15.9 Å². The highest BCUT2D eigenvalue weighted by Gasteiger charge is 2.20. The normalized spacial score (nSPS) is 17.3. The molecule has 31 heavy (non-hydrogen) atoms. The first-order valence-corrected chi connectivity index (χ1v) is 11.3. The number of hydrogen-bond donors (Lipinski definition) is 1. The van der Waals surface area contributed by atoms with Crippen LogP contribution in [0.3, 0.4) is 0 Å². The second-order valence-corrected chi connectivity index (χ2v) is 9.28. The standard InChI is InChI=1S/C24H24N4O2S/c1-15(29)16-5-7-17(8-6-16)20-14-28-21-10-9-18(12-22(21)31-24(28)26-20)23(30)25-19-4-3-11-27(2)13-19/h5-10,12,14,19H,3-4,11,13H2,1-2H3,(H,25,30)/t19-/m0/s1. The first kappa shape index (κ1) is 19.9. The van der Waals surface area contributed by atoms with E-state index in [2.05, 4.69) is 21.7 Å². The number of likely N-dealkylation sites (tertiary alicyclic amines) is 1. The number of rotatable bonds is 4. The van der Waals surface area contributed by atoms with Gasteiger partial charge in [-0.3, -0.25) is 14.0 Å². The third kappa shape index (κ3) is 3.86. The average Bonchev–Trinajstić information content (AvgIpc) is 3.31. The van der Waals surface area contributed by atoms with E-state index in [9.17, 15) is 9.59 Å². The number of Topliss-reactive ketones (excluding diaryl/α,β-unsaturated/α-hetero) is 1. The fourth-order valence-electron chi connectivity index (χ4n) is 4.21. The van der Waals surface area contributed by atoms with Crippen LogP contribution < -0.4 is 5.32 Å². The van der Waals surface area contributed by atoms with Crippen molar-refractivity contribution in [2.75, 3.05) is 20.1 Å². The highest BCUT2D eigenvalue weighted by Crippen LogP contribution is 2.30. The molecule has 0 unspecified atom stereocenters. The van der Waals surface area contributed by atoms with E-state index in [-0.39, 0.29) is 17.7 Å². The minimum Gasteiger partial charge on any atom is -0.348 e. The van der Waals surface area contributed by atoms with Gasteiger partial charge in [-0.25, -0.2) is 4.98 Å². The lowest BCUT2D eigenvalue weighted by atomic mass is 10.1. The molecule has 0 aliphatic carbocycles. The van der Waals surface area contributed by atoms with Crippen LogP contribution in [-0.2, 0) is 0 Å². The summed E-state index contributed by atoms with van der Waals surface area (Å²) in [5.74, 6) is 0.0400. The maximum Gasteiger partial charge on any atom is 0.251 e. The molecule has 0 spiro atoms. The maximum atomic E-state index is 12.8. The predicted octanol–water partition coefficient (Wildman–Crippen LogP) is 4.24. The largest absolute Gasteiger partial charge is 0.348 e. The Labute approximate surface area is 184 Å². The predicted molar refractivity (Wildman–Crippen MR) is 124 cm³/mol. The van der Waals surface area contributed by atoms with Crippen molar-refractivity contribution in [3.05, 3.63) is 59.8 Å². The molecule has 3 heterocycles. The number of amides is 1. The molecule has 1 atom stereocenters. The van der Waals surface area contributed by atoms with Gasteiger partial charge in [-0.05, 0) is 51.6 Å². The number of hydrogen-bond acceptors (Lipinski definition) is 5. The van der Waals surface area contributed by atoms with Gasteiger partial charge in [0.15, 0.2) is 10.7 Å². The second-order valence-electron chi connectivity index (χ2n) is 8.27. The first-order chi connectivity index (χ1) is 15.0. The Hall–Kier alpha value is -3.03. The summed E-state index contributed by atoms with van der Waals surface area (Å²) in [5.41, 5.74) is 4.26. The van der Waals surface area contributed by atoms with E-state index in [1.165, 1.54) is 0 Å². The summed E-state index contributed by atoms with van der Waals surface area (Å²) in [4.78, 5) is 32.2. The van der Waals surface area contributed by atoms with Crippen LogP contribution in [0, 0.1) is 0 Å². The molecule has 1 amide bonds. The quantitative estimate of drug-likeness (QED) is 0.490. The van der Waals surface area contributed by atoms with Gasteiger partial charge >= 0.3 is 0 Å². The van der Waals surface area contributed by atoms with Crippen LogP contribution in [0.25, 0.3) is 26.4 Å². The average molecular weight is 433 g/mol. The zero-order valence-electron chi connectivity index (χ0n) is 17.6. The topological polar surface area (TPSA) is 66.7 Å². The molecule has 2 aromatic heterocycles. The molecule has 0 saturated carbocycles. The van der Waals surface area contributed by atoms with Crippen molar-refractivity contribution in [3.63, 3.8) is 0 Å². The summed E-state index contributed by atoms with van der Waals surface area (Å²) in [7, 11) is 2.09. The monoisotopic (exact) mass is 432 g/mol. The van der Waals surface area contributed by atoms with Crippen molar-refractivity contribution in [3.8, 4) is 11.3 Å². The van der Waals surface area contributed by atoms with Gasteiger partial charge in [0, 0.05) is 35.5 Å². The number of likely N-dealkylation sites (N-methyl/N-ethyl adjacent to an activating group) is 1. The van der Waals surface area contributed by atoms with Crippen LogP contribution in [0.4, 0.5) is 0 Å². The summed E-state index contributed by atoms with van der Waals surface area (Å²) < 4.78 is 3.10. The van der Waals surface area contributed by atoms with Gasteiger partial charge < -0.3 is 10.2 Å². The van der Waals surface area contributed by atoms with Crippen LogP contribution in [0.15, 0.2) is 48.7 Å². The Morgan fingerprint density at radius 3 is 2.65 bits per heavy atom. The molecule has 1 aliphatic heterocycles. The zero-order chi connectivity index (χ0) is 21.5. The minimum atomic E-state index is -0.0144. The highest BCUT2D eigenvalue weighted by atomic mass is 32.1. The minimum absolute atomic E-state index is 0.0144. The number of fused-ring (bicyclic) bond motifs is 3. The summed E-state index contributed by atoms with van der Waals surface area (Å²) in [6.07, 6.45) is 4.15. The molecule has 1 fully saturated rings. The van der Waals surface area contributed by atoms with Crippen LogP contribution in [0.2, 0.25) is 0 Å². The van der Waals surface area contributed by atoms with Crippen molar-refractivity contribution < 1.29 is 9.59 Å². The van der Waals surface area contributed by atoms with Gasteiger partial charge in [-0.15, -0.1) is 0 Å². The zero-order valence-corrected chi connectivity index (χ0v) is 18.4. The van der Waals surface area contributed by atoms with E-state index >= 15 is 0 Å². The first-order valence-electron chi connectivity index (χ1n) is 10.5. The maximum absolute atomic E-state index is 12.8. The number of piperidine rings is 1. The van der Waals surface area contributed by atoms with Crippen molar-refractivity contribution in [2.24, 2.45) is 0 Å². The van der Waals surface area contributed by atoms with Crippen LogP contribution in [0.1, 0.15) is 40.5 Å². The van der Waals surface area contributed by atoms with Gasteiger partial charge in [-0.1, -0.05) is 35.6 Å². The van der Waals surface area contributed by atoms with Crippen LogP contribution >= 0.6 is 11.3 Å². The molecule has 2 aromatic carbocycles. The Balaban J connectivity index is 1.40. The molecule has 4 aromatic rings. The van der Waals surface area contributed by atoms with Crippen molar-refractivity contribution in [1.82, 2.24) is 19.6 Å². The molecule has 6 nitrogen and oxygen atoms in total.